The van der Waals surface area contributed by atoms with Crippen molar-refractivity contribution in [2.75, 3.05) is 7.05 Å². The molecule has 0 radical (unpaired) electrons. The molecule has 2 amide bonds. The van der Waals surface area contributed by atoms with E-state index in [4.69, 9.17) is 0 Å². The van der Waals surface area contributed by atoms with Crippen LogP contribution in [0.4, 0.5) is 8.78 Å². The molecule has 1 unspecified atom stereocenters. The van der Waals surface area contributed by atoms with Crippen molar-refractivity contribution >= 4 is 17.9 Å². The molecule has 1 atom stereocenters. The lowest BCUT2D eigenvalue weighted by Gasteiger charge is -2.33. The van der Waals surface area contributed by atoms with E-state index in [2.05, 4.69) is 4.98 Å². The standard InChI is InChI=1S/C19H20F2N4O2/c1-13(26)24-9-7-14-5-3-4-6-15(14)16(24)11-18(27)23(2)12-17-22-8-10-25(17)19(20)21/h3-10,16,19H,11-12H2,1-2H3. The van der Waals surface area contributed by atoms with E-state index >= 15 is 0 Å². The van der Waals surface area contributed by atoms with Crippen LogP contribution in [0.5, 0.6) is 0 Å². The van der Waals surface area contributed by atoms with Gasteiger partial charge in [0.05, 0.1) is 19.0 Å². The van der Waals surface area contributed by atoms with Crippen molar-refractivity contribution in [3.05, 3.63) is 59.8 Å². The molecule has 0 aliphatic carbocycles. The molecule has 0 fully saturated rings. The van der Waals surface area contributed by atoms with Gasteiger partial charge in [0.1, 0.15) is 5.82 Å². The molecule has 2 heterocycles. The maximum absolute atomic E-state index is 13.0. The summed E-state index contributed by atoms with van der Waals surface area (Å²) in [5, 5.41) is 0. The minimum Gasteiger partial charge on any atom is -0.338 e. The van der Waals surface area contributed by atoms with Crippen LogP contribution in [0.1, 0.15) is 42.9 Å². The van der Waals surface area contributed by atoms with E-state index in [0.29, 0.717) is 0 Å². The summed E-state index contributed by atoms with van der Waals surface area (Å²) in [4.78, 5) is 31.5. The van der Waals surface area contributed by atoms with Gasteiger partial charge in [-0.05, 0) is 17.2 Å². The average Bonchev–Trinajstić information content (AvgIpc) is 3.10. The second-order valence-corrected chi connectivity index (χ2v) is 6.37. The number of fused-ring (bicyclic) bond motifs is 1. The van der Waals surface area contributed by atoms with Gasteiger partial charge in [-0.15, -0.1) is 0 Å². The van der Waals surface area contributed by atoms with Crippen LogP contribution in [-0.4, -0.2) is 38.2 Å². The third-order valence-corrected chi connectivity index (χ3v) is 4.60. The summed E-state index contributed by atoms with van der Waals surface area (Å²) in [5.41, 5.74) is 1.83. The zero-order valence-corrected chi connectivity index (χ0v) is 15.0. The summed E-state index contributed by atoms with van der Waals surface area (Å²) >= 11 is 0. The molecule has 8 heteroatoms. The van der Waals surface area contributed by atoms with Gasteiger partial charge in [-0.3, -0.25) is 14.2 Å². The topological polar surface area (TPSA) is 58.4 Å². The SMILES string of the molecule is CC(=O)N1C=Cc2ccccc2C1CC(=O)N(C)Cc1nccn1C(F)F. The number of carbonyl (C=O) groups is 2. The normalized spacial score (nSPS) is 15.7. The monoisotopic (exact) mass is 374 g/mol. The van der Waals surface area contributed by atoms with E-state index in [1.165, 1.54) is 36.2 Å². The average molecular weight is 374 g/mol. The Labute approximate surface area is 155 Å². The van der Waals surface area contributed by atoms with Crippen molar-refractivity contribution in [2.45, 2.75) is 32.5 Å². The molecule has 0 bridgehead atoms. The van der Waals surface area contributed by atoms with Gasteiger partial charge in [-0.1, -0.05) is 24.3 Å². The van der Waals surface area contributed by atoms with E-state index in [1.54, 1.807) is 6.20 Å². The van der Waals surface area contributed by atoms with Gasteiger partial charge in [0.2, 0.25) is 11.8 Å². The van der Waals surface area contributed by atoms with Crippen molar-refractivity contribution in [2.24, 2.45) is 0 Å². The van der Waals surface area contributed by atoms with Crippen LogP contribution in [0.25, 0.3) is 6.08 Å². The molecule has 0 saturated heterocycles. The lowest BCUT2D eigenvalue weighted by atomic mass is 9.93. The number of benzene rings is 1. The molecule has 0 saturated carbocycles. The Balaban J connectivity index is 1.78. The highest BCUT2D eigenvalue weighted by atomic mass is 19.3. The summed E-state index contributed by atoms with van der Waals surface area (Å²) in [6.45, 7) is -1.31. The maximum atomic E-state index is 13.0. The van der Waals surface area contributed by atoms with Gasteiger partial charge in [0, 0.05) is 32.6 Å². The Hall–Kier alpha value is -3.03. The largest absolute Gasteiger partial charge is 0.338 e. The Bertz CT molecular complexity index is 878. The van der Waals surface area contributed by atoms with Gasteiger partial charge < -0.3 is 9.80 Å². The van der Waals surface area contributed by atoms with E-state index in [0.717, 1.165) is 15.7 Å². The minimum atomic E-state index is -2.71. The lowest BCUT2D eigenvalue weighted by Crippen LogP contribution is -2.36. The zero-order chi connectivity index (χ0) is 19.6. The molecule has 1 aromatic heterocycles. The van der Waals surface area contributed by atoms with Gasteiger partial charge in [0.25, 0.3) is 0 Å². The second-order valence-electron chi connectivity index (χ2n) is 6.37. The fraction of sp³-hybridized carbons (Fsp3) is 0.316. The number of imidazole rings is 1. The molecule has 27 heavy (non-hydrogen) atoms. The second kappa shape index (κ2) is 7.69. The smallest absolute Gasteiger partial charge is 0.319 e. The molecular formula is C19H20F2N4O2. The van der Waals surface area contributed by atoms with Crippen LogP contribution in [-0.2, 0) is 16.1 Å². The van der Waals surface area contributed by atoms with Gasteiger partial charge in [-0.25, -0.2) is 4.98 Å². The summed E-state index contributed by atoms with van der Waals surface area (Å²) < 4.78 is 26.6. The Morgan fingerprint density at radius 3 is 2.74 bits per heavy atom. The first kappa shape index (κ1) is 18.8. The van der Waals surface area contributed by atoms with E-state index in [1.807, 2.05) is 30.3 Å². The fourth-order valence-electron chi connectivity index (χ4n) is 3.18. The van der Waals surface area contributed by atoms with Crippen molar-refractivity contribution < 1.29 is 18.4 Å². The first-order valence-corrected chi connectivity index (χ1v) is 8.48. The summed E-state index contributed by atoms with van der Waals surface area (Å²) in [5.74, 6) is -0.331. The summed E-state index contributed by atoms with van der Waals surface area (Å²) in [7, 11) is 1.54. The third-order valence-electron chi connectivity index (χ3n) is 4.60. The van der Waals surface area contributed by atoms with Crippen LogP contribution < -0.4 is 0 Å². The van der Waals surface area contributed by atoms with E-state index < -0.39 is 12.6 Å². The molecule has 1 aromatic carbocycles. The highest BCUT2D eigenvalue weighted by molar-refractivity contribution is 5.81. The molecule has 3 rings (SSSR count). The zero-order valence-electron chi connectivity index (χ0n) is 15.0. The number of hydrogen-bond donors (Lipinski definition) is 0. The van der Waals surface area contributed by atoms with Crippen molar-refractivity contribution in [3.8, 4) is 0 Å². The molecule has 2 aromatic rings. The van der Waals surface area contributed by atoms with Crippen LogP contribution in [0.2, 0.25) is 0 Å². The molecule has 0 spiro atoms. The van der Waals surface area contributed by atoms with E-state index in [9.17, 15) is 18.4 Å². The lowest BCUT2D eigenvalue weighted by molar-refractivity contribution is -0.134. The number of alkyl halides is 2. The molecule has 142 valence electrons. The van der Waals surface area contributed by atoms with Crippen LogP contribution in [0.15, 0.2) is 42.9 Å². The highest BCUT2D eigenvalue weighted by Crippen LogP contribution is 2.33. The number of hydrogen-bond acceptors (Lipinski definition) is 3. The predicted octanol–water partition coefficient (Wildman–Crippen LogP) is 3.20. The molecule has 0 N–H and O–H groups in total. The molecule has 1 aliphatic rings. The number of halogens is 2. The quantitative estimate of drug-likeness (QED) is 0.808. The first-order valence-electron chi connectivity index (χ1n) is 8.48. The van der Waals surface area contributed by atoms with Gasteiger partial charge >= 0.3 is 6.55 Å². The molecular weight excluding hydrogens is 354 g/mol. The van der Waals surface area contributed by atoms with Crippen molar-refractivity contribution in [1.82, 2.24) is 19.4 Å². The third kappa shape index (κ3) is 3.89. The van der Waals surface area contributed by atoms with E-state index in [-0.39, 0.29) is 30.6 Å². The Morgan fingerprint density at radius 2 is 2.04 bits per heavy atom. The summed E-state index contributed by atoms with van der Waals surface area (Å²) in [6, 6.07) is 7.12. The van der Waals surface area contributed by atoms with Crippen LogP contribution >= 0.6 is 0 Å². The Kier molecular flexibility index (Phi) is 5.34. The van der Waals surface area contributed by atoms with Crippen molar-refractivity contribution in [1.29, 1.82) is 0 Å². The highest BCUT2D eigenvalue weighted by Gasteiger charge is 2.29. The number of amides is 2. The van der Waals surface area contributed by atoms with Gasteiger partial charge in [-0.2, -0.15) is 8.78 Å². The number of nitrogens with zero attached hydrogens (tertiary/aromatic N) is 4. The number of carbonyl (C=O) groups excluding carboxylic acids is 2. The number of rotatable bonds is 5. The predicted molar refractivity (Wildman–Crippen MR) is 95.3 cm³/mol. The van der Waals surface area contributed by atoms with Gasteiger partial charge in [0.15, 0.2) is 0 Å². The van der Waals surface area contributed by atoms with Crippen LogP contribution in [0, 0.1) is 0 Å². The minimum absolute atomic E-state index is 0.0412. The molecule has 1 aliphatic heterocycles. The first-order chi connectivity index (χ1) is 12.9. The maximum Gasteiger partial charge on any atom is 0.319 e. The van der Waals surface area contributed by atoms with Crippen LogP contribution in [0.3, 0.4) is 0 Å². The van der Waals surface area contributed by atoms with Crippen molar-refractivity contribution in [3.63, 3.8) is 0 Å². The summed E-state index contributed by atoms with van der Waals surface area (Å²) in [6.07, 6.45) is 6.01. The Morgan fingerprint density at radius 1 is 1.30 bits per heavy atom. The number of aromatic nitrogens is 2. The fourth-order valence-corrected chi connectivity index (χ4v) is 3.18. The molecule has 6 nitrogen and oxygen atoms in total.